The number of aryl methyl sites for hydroxylation is 1. The Bertz CT molecular complexity index is 311. The molecule has 0 bridgehead atoms. The molecule has 1 aromatic heterocycles. The maximum absolute atomic E-state index is 11.2. The highest BCUT2D eigenvalue weighted by Crippen LogP contribution is 2.15. The van der Waals surface area contributed by atoms with Crippen LogP contribution in [0.1, 0.15) is 19.3 Å². The minimum absolute atomic E-state index is 0.137. The van der Waals surface area contributed by atoms with E-state index in [9.17, 15) is 4.79 Å². The maximum atomic E-state index is 11.2. The van der Waals surface area contributed by atoms with Crippen molar-refractivity contribution in [1.29, 1.82) is 0 Å². The van der Waals surface area contributed by atoms with Gasteiger partial charge < -0.3 is 9.30 Å². The lowest BCUT2D eigenvalue weighted by Crippen LogP contribution is -2.16. The molecule has 1 aromatic rings. The van der Waals surface area contributed by atoms with Crippen LogP contribution in [0, 0.1) is 0 Å². The fraction of sp³-hybridized carbons (Fsp3) is 0.667. The SMILES string of the molecule is O=c1sccn1CCC1CCCO1. The largest absolute Gasteiger partial charge is 0.378 e. The van der Waals surface area contributed by atoms with Crippen molar-refractivity contribution < 1.29 is 4.74 Å². The average Bonchev–Trinajstić information content (AvgIpc) is 2.72. The van der Waals surface area contributed by atoms with Gasteiger partial charge in [-0.1, -0.05) is 11.3 Å². The highest BCUT2D eigenvalue weighted by Gasteiger charge is 2.15. The quantitative estimate of drug-likeness (QED) is 0.738. The molecule has 0 aromatic carbocycles. The first-order chi connectivity index (χ1) is 6.36. The maximum Gasteiger partial charge on any atom is 0.307 e. The number of hydrogen-bond donors (Lipinski definition) is 0. The van der Waals surface area contributed by atoms with Gasteiger partial charge in [-0.25, -0.2) is 0 Å². The molecule has 1 unspecified atom stereocenters. The molecule has 72 valence electrons. The van der Waals surface area contributed by atoms with Crippen LogP contribution in [-0.2, 0) is 11.3 Å². The van der Waals surface area contributed by atoms with E-state index in [-0.39, 0.29) is 4.87 Å². The molecule has 0 aliphatic carbocycles. The van der Waals surface area contributed by atoms with Crippen LogP contribution in [0.4, 0.5) is 0 Å². The molecule has 13 heavy (non-hydrogen) atoms. The summed E-state index contributed by atoms with van der Waals surface area (Å²) in [6.07, 6.45) is 5.52. The van der Waals surface area contributed by atoms with Crippen LogP contribution >= 0.6 is 11.3 Å². The van der Waals surface area contributed by atoms with Crippen LogP contribution in [0.5, 0.6) is 0 Å². The summed E-state index contributed by atoms with van der Waals surface area (Å²) in [4.78, 5) is 11.3. The van der Waals surface area contributed by atoms with Crippen LogP contribution in [0.3, 0.4) is 0 Å². The fourth-order valence-corrected chi connectivity index (χ4v) is 2.22. The molecule has 0 amide bonds. The highest BCUT2D eigenvalue weighted by atomic mass is 32.1. The minimum Gasteiger partial charge on any atom is -0.378 e. The summed E-state index contributed by atoms with van der Waals surface area (Å²) in [7, 11) is 0. The Hall–Kier alpha value is -0.610. The van der Waals surface area contributed by atoms with E-state index in [0.717, 1.165) is 26.0 Å². The van der Waals surface area contributed by atoms with Crippen LogP contribution in [0.15, 0.2) is 16.4 Å². The van der Waals surface area contributed by atoms with Crippen molar-refractivity contribution in [2.45, 2.75) is 31.9 Å². The molecular formula is C9H13NO2S. The predicted molar refractivity (Wildman–Crippen MR) is 52.2 cm³/mol. The number of aromatic nitrogens is 1. The molecule has 2 rings (SSSR count). The van der Waals surface area contributed by atoms with Gasteiger partial charge in [0, 0.05) is 24.7 Å². The molecule has 0 N–H and O–H groups in total. The molecule has 1 atom stereocenters. The van der Waals surface area contributed by atoms with Gasteiger partial charge in [-0.05, 0) is 19.3 Å². The first kappa shape index (κ1) is 8.97. The van der Waals surface area contributed by atoms with Crippen LogP contribution in [0.25, 0.3) is 0 Å². The van der Waals surface area contributed by atoms with Crippen molar-refractivity contribution >= 4 is 11.3 Å². The molecule has 0 radical (unpaired) electrons. The predicted octanol–water partition coefficient (Wildman–Crippen LogP) is 1.48. The highest BCUT2D eigenvalue weighted by molar-refractivity contribution is 7.07. The van der Waals surface area contributed by atoms with Crippen molar-refractivity contribution in [3.05, 3.63) is 21.2 Å². The molecular weight excluding hydrogens is 186 g/mol. The number of hydrogen-bond acceptors (Lipinski definition) is 3. The summed E-state index contributed by atoms with van der Waals surface area (Å²) in [5.41, 5.74) is 0. The number of rotatable bonds is 3. The summed E-state index contributed by atoms with van der Waals surface area (Å²) >= 11 is 1.25. The smallest absolute Gasteiger partial charge is 0.307 e. The van der Waals surface area contributed by atoms with E-state index in [1.54, 1.807) is 4.57 Å². The zero-order valence-electron chi connectivity index (χ0n) is 7.44. The van der Waals surface area contributed by atoms with E-state index in [4.69, 9.17) is 4.74 Å². The lowest BCUT2D eigenvalue weighted by molar-refractivity contribution is 0.100. The van der Waals surface area contributed by atoms with Gasteiger partial charge in [-0.15, -0.1) is 0 Å². The third-order valence-electron chi connectivity index (χ3n) is 2.36. The molecule has 1 saturated heterocycles. The van der Waals surface area contributed by atoms with Gasteiger partial charge in [0.2, 0.25) is 0 Å². The molecule has 1 fully saturated rings. The number of thiazole rings is 1. The Morgan fingerprint density at radius 3 is 3.23 bits per heavy atom. The number of nitrogens with zero attached hydrogens (tertiary/aromatic N) is 1. The van der Waals surface area contributed by atoms with E-state index in [1.807, 2.05) is 11.6 Å². The second kappa shape index (κ2) is 4.07. The lowest BCUT2D eigenvalue weighted by Gasteiger charge is -2.08. The first-order valence-corrected chi connectivity index (χ1v) is 5.50. The second-order valence-electron chi connectivity index (χ2n) is 3.29. The van der Waals surface area contributed by atoms with E-state index < -0.39 is 0 Å². The number of ether oxygens (including phenoxy) is 1. The summed E-state index contributed by atoms with van der Waals surface area (Å²) in [6.45, 7) is 1.69. The van der Waals surface area contributed by atoms with Gasteiger partial charge in [-0.2, -0.15) is 0 Å². The van der Waals surface area contributed by atoms with Gasteiger partial charge in [-0.3, -0.25) is 4.79 Å². The van der Waals surface area contributed by atoms with Crippen molar-refractivity contribution in [2.75, 3.05) is 6.61 Å². The Labute approximate surface area is 81.0 Å². The van der Waals surface area contributed by atoms with Crippen molar-refractivity contribution in [3.8, 4) is 0 Å². The van der Waals surface area contributed by atoms with Crippen molar-refractivity contribution in [1.82, 2.24) is 4.57 Å². The fourth-order valence-electron chi connectivity index (χ4n) is 1.61. The summed E-state index contributed by atoms with van der Waals surface area (Å²) in [5.74, 6) is 0. The average molecular weight is 199 g/mol. The normalized spacial score (nSPS) is 22.3. The van der Waals surface area contributed by atoms with Gasteiger partial charge in [0.15, 0.2) is 0 Å². The van der Waals surface area contributed by atoms with Crippen LogP contribution in [0.2, 0.25) is 0 Å². The van der Waals surface area contributed by atoms with Crippen LogP contribution in [-0.4, -0.2) is 17.3 Å². The Morgan fingerprint density at radius 2 is 2.62 bits per heavy atom. The van der Waals surface area contributed by atoms with Gasteiger partial charge in [0.1, 0.15) is 0 Å². The van der Waals surface area contributed by atoms with Gasteiger partial charge in [0.05, 0.1) is 6.10 Å². The van der Waals surface area contributed by atoms with Crippen molar-refractivity contribution in [2.24, 2.45) is 0 Å². The monoisotopic (exact) mass is 199 g/mol. The first-order valence-electron chi connectivity index (χ1n) is 4.62. The van der Waals surface area contributed by atoms with Crippen molar-refractivity contribution in [3.63, 3.8) is 0 Å². The molecule has 4 heteroatoms. The summed E-state index contributed by atoms with van der Waals surface area (Å²) in [6, 6.07) is 0. The van der Waals surface area contributed by atoms with E-state index >= 15 is 0 Å². The second-order valence-corrected chi connectivity index (χ2v) is 4.14. The molecule has 0 spiro atoms. The standard InChI is InChI=1S/C9H13NO2S/c11-9-10(5-7-13-9)4-3-8-2-1-6-12-8/h5,7-8H,1-4,6H2. The Morgan fingerprint density at radius 1 is 1.69 bits per heavy atom. The van der Waals surface area contributed by atoms with E-state index in [1.165, 1.54) is 17.8 Å². The zero-order chi connectivity index (χ0) is 9.10. The summed E-state index contributed by atoms with van der Waals surface area (Å²) < 4.78 is 7.24. The Balaban J connectivity index is 1.85. The van der Waals surface area contributed by atoms with E-state index in [0.29, 0.717) is 6.10 Å². The van der Waals surface area contributed by atoms with Gasteiger partial charge in [0.25, 0.3) is 0 Å². The summed E-state index contributed by atoms with van der Waals surface area (Å²) in [5, 5.41) is 1.83. The molecule has 2 heterocycles. The molecule has 3 nitrogen and oxygen atoms in total. The Kier molecular flexibility index (Phi) is 2.80. The molecule has 1 aliphatic heterocycles. The van der Waals surface area contributed by atoms with Gasteiger partial charge >= 0.3 is 4.87 Å². The minimum atomic E-state index is 0.137. The lowest BCUT2D eigenvalue weighted by atomic mass is 10.2. The van der Waals surface area contributed by atoms with E-state index in [2.05, 4.69) is 0 Å². The topological polar surface area (TPSA) is 31.2 Å². The molecule has 1 aliphatic rings. The van der Waals surface area contributed by atoms with Crippen LogP contribution < -0.4 is 4.87 Å². The third kappa shape index (κ3) is 2.19. The zero-order valence-corrected chi connectivity index (χ0v) is 8.26. The third-order valence-corrected chi connectivity index (χ3v) is 3.05. The molecule has 0 saturated carbocycles.